The number of fused-ring (bicyclic) bond motifs is 3. The first-order valence-electron chi connectivity index (χ1n) is 10.4. The number of benzene rings is 3. The Bertz CT molecular complexity index is 1180. The molecule has 0 bridgehead atoms. The van der Waals surface area contributed by atoms with Crippen molar-refractivity contribution in [2.45, 2.75) is 19.8 Å². The van der Waals surface area contributed by atoms with E-state index in [-0.39, 0.29) is 17.0 Å². The molecule has 1 aliphatic rings. The number of hydrogen-bond donors (Lipinski definition) is 0. The summed E-state index contributed by atoms with van der Waals surface area (Å²) in [5.74, 6) is 3.04. The molecule has 0 aliphatic carbocycles. The van der Waals surface area contributed by atoms with Gasteiger partial charge in [0.25, 0.3) is 5.82 Å². The van der Waals surface area contributed by atoms with Crippen molar-refractivity contribution in [2.75, 3.05) is 13.7 Å². The minimum absolute atomic E-state index is 0. The van der Waals surface area contributed by atoms with E-state index in [1.165, 1.54) is 17.1 Å². The molecule has 0 fully saturated rings. The molecule has 158 valence electrons. The molecule has 1 aliphatic heterocycles. The smallest absolute Gasteiger partial charge is 0.267 e. The van der Waals surface area contributed by atoms with E-state index in [0.717, 1.165) is 41.3 Å². The number of methoxy groups -OCH3 is 1. The van der Waals surface area contributed by atoms with Gasteiger partial charge in [-0.1, -0.05) is 18.2 Å². The molecule has 0 spiro atoms. The summed E-state index contributed by atoms with van der Waals surface area (Å²) < 4.78 is 15.7. The Morgan fingerprint density at radius 1 is 0.871 bits per heavy atom. The Labute approximate surface area is 193 Å². The number of aryl methyl sites for hydroxylation is 1. The van der Waals surface area contributed by atoms with Gasteiger partial charge in [0, 0.05) is 5.56 Å². The molecule has 2 heterocycles. The summed E-state index contributed by atoms with van der Waals surface area (Å²) in [5.41, 5.74) is 6.11. The van der Waals surface area contributed by atoms with Crippen LogP contribution >= 0.6 is 0 Å². The fraction of sp³-hybridized carbons (Fsp3) is 0.192. The third kappa shape index (κ3) is 3.86. The first-order chi connectivity index (χ1) is 14.8. The number of nitrogens with zero attached hydrogens (tertiary/aromatic N) is 2. The Balaban J connectivity index is 0.00000231. The molecule has 3 aromatic carbocycles. The van der Waals surface area contributed by atoms with Crippen LogP contribution in [0.2, 0.25) is 0 Å². The lowest BCUT2D eigenvalue weighted by Crippen LogP contribution is -3.00. The van der Waals surface area contributed by atoms with Crippen LogP contribution in [-0.4, -0.2) is 18.3 Å². The Morgan fingerprint density at radius 2 is 1.58 bits per heavy atom. The van der Waals surface area contributed by atoms with Crippen LogP contribution in [0.15, 0.2) is 79.0 Å². The van der Waals surface area contributed by atoms with Crippen molar-refractivity contribution in [3.8, 4) is 34.1 Å². The van der Waals surface area contributed by atoms with Crippen molar-refractivity contribution in [3.05, 3.63) is 90.4 Å². The highest BCUT2D eigenvalue weighted by Gasteiger charge is 2.31. The number of aromatic nitrogens is 2. The van der Waals surface area contributed by atoms with Gasteiger partial charge < -0.3 is 26.5 Å². The fourth-order valence-electron chi connectivity index (χ4n) is 4.26. The third-order valence-electron chi connectivity index (χ3n) is 5.69. The fourth-order valence-corrected chi connectivity index (χ4v) is 4.26. The van der Waals surface area contributed by atoms with E-state index in [9.17, 15) is 0 Å². The van der Waals surface area contributed by atoms with Crippen molar-refractivity contribution in [1.82, 2.24) is 4.57 Å². The summed E-state index contributed by atoms with van der Waals surface area (Å²) >= 11 is 0. The number of hydrogen-bond acceptors (Lipinski definition) is 2. The molecule has 0 saturated heterocycles. The SMILES string of the molecule is CCOc1ccc(-c2c[n+]3c(n2-c2ccc(OC)cc2)CCc2ccccc2-3)cc1.[Br-]. The largest absolute Gasteiger partial charge is 1.00 e. The average molecular weight is 477 g/mol. The van der Waals surface area contributed by atoms with Crippen molar-refractivity contribution in [1.29, 1.82) is 0 Å². The van der Waals surface area contributed by atoms with Crippen LogP contribution in [0.5, 0.6) is 11.5 Å². The summed E-state index contributed by atoms with van der Waals surface area (Å²) in [6.45, 7) is 2.67. The molecule has 0 N–H and O–H groups in total. The molecule has 0 unspecified atom stereocenters. The van der Waals surface area contributed by atoms with Gasteiger partial charge in [0.1, 0.15) is 29.1 Å². The summed E-state index contributed by atoms with van der Waals surface area (Å²) in [5, 5.41) is 0. The van der Waals surface area contributed by atoms with Crippen LogP contribution in [0, 0.1) is 0 Å². The predicted molar refractivity (Wildman–Crippen MR) is 118 cm³/mol. The first kappa shape index (κ1) is 21.2. The van der Waals surface area contributed by atoms with Gasteiger partial charge >= 0.3 is 0 Å². The van der Waals surface area contributed by atoms with Gasteiger partial charge in [-0.05, 0) is 73.5 Å². The zero-order chi connectivity index (χ0) is 20.5. The lowest BCUT2D eigenvalue weighted by atomic mass is 10.0. The van der Waals surface area contributed by atoms with E-state index in [0.29, 0.717) is 6.61 Å². The monoisotopic (exact) mass is 476 g/mol. The van der Waals surface area contributed by atoms with Crippen molar-refractivity contribution in [3.63, 3.8) is 0 Å². The lowest BCUT2D eigenvalue weighted by molar-refractivity contribution is -0.606. The zero-order valence-electron chi connectivity index (χ0n) is 17.7. The number of halogens is 1. The highest BCUT2D eigenvalue weighted by molar-refractivity contribution is 5.63. The van der Waals surface area contributed by atoms with E-state index < -0.39 is 0 Å². The molecule has 0 saturated carbocycles. The summed E-state index contributed by atoms with van der Waals surface area (Å²) in [6.07, 6.45) is 4.28. The molecule has 4 aromatic rings. The normalized spacial score (nSPS) is 11.8. The Kier molecular flexibility index (Phi) is 6.14. The topological polar surface area (TPSA) is 27.3 Å². The number of rotatable bonds is 5. The van der Waals surface area contributed by atoms with E-state index in [4.69, 9.17) is 9.47 Å². The van der Waals surface area contributed by atoms with Crippen LogP contribution in [-0.2, 0) is 12.8 Å². The van der Waals surface area contributed by atoms with Crippen molar-refractivity contribution >= 4 is 0 Å². The molecular formula is C26H25BrN2O2. The van der Waals surface area contributed by atoms with Crippen LogP contribution in [0.3, 0.4) is 0 Å². The van der Waals surface area contributed by atoms with Gasteiger partial charge in [-0.15, -0.1) is 0 Å². The standard InChI is InChI=1S/C26H25N2O2.BrH/c1-3-30-23-13-8-20(9-14-23)25-18-27-24-7-5-4-6-19(24)10-17-26(27)28(25)21-11-15-22(29-2)16-12-21;/h4-9,11-16,18H,3,10,17H2,1-2H3;1H/q+1;/p-1. The second-order valence-corrected chi connectivity index (χ2v) is 7.42. The van der Waals surface area contributed by atoms with Gasteiger partial charge in [-0.25, -0.2) is 0 Å². The maximum atomic E-state index is 5.64. The van der Waals surface area contributed by atoms with E-state index in [1.54, 1.807) is 7.11 Å². The van der Waals surface area contributed by atoms with E-state index in [1.807, 2.05) is 31.2 Å². The minimum Gasteiger partial charge on any atom is -1.00 e. The second-order valence-electron chi connectivity index (χ2n) is 7.42. The minimum atomic E-state index is 0. The number of ether oxygens (including phenoxy) is 2. The van der Waals surface area contributed by atoms with Crippen LogP contribution in [0.1, 0.15) is 18.3 Å². The molecular weight excluding hydrogens is 452 g/mol. The molecule has 1 aromatic heterocycles. The van der Waals surface area contributed by atoms with Crippen LogP contribution in [0.25, 0.3) is 22.6 Å². The summed E-state index contributed by atoms with van der Waals surface area (Å²) in [7, 11) is 1.70. The molecule has 0 amide bonds. The molecule has 5 heteroatoms. The third-order valence-corrected chi connectivity index (χ3v) is 5.69. The highest BCUT2D eigenvalue weighted by atomic mass is 79.9. The quantitative estimate of drug-likeness (QED) is 0.411. The maximum absolute atomic E-state index is 5.64. The highest BCUT2D eigenvalue weighted by Crippen LogP contribution is 2.30. The summed E-state index contributed by atoms with van der Waals surface area (Å²) in [6, 6.07) is 25.3. The molecule has 31 heavy (non-hydrogen) atoms. The maximum Gasteiger partial charge on any atom is 0.267 e. The van der Waals surface area contributed by atoms with Gasteiger partial charge in [0.15, 0.2) is 5.69 Å². The van der Waals surface area contributed by atoms with Crippen LogP contribution < -0.4 is 31.0 Å². The predicted octanol–water partition coefficient (Wildman–Crippen LogP) is 1.93. The number of imidazole rings is 1. The molecule has 0 radical (unpaired) electrons. The van der Waals surface area contributed by atoms with Gasteiger partial charge in [-0.2, -0.15) is 9.13 Å². The Morgan fingerprint density at radius 3 is 2.29 bits per heavy atom. The van der Waals surface area contributed by atoms with E-state index in [2.05, 4.69) is 63.9 Å². The van der Waals surface area contributed by atoms with Crippen molar-refractivity contribution < 1.29 is 31.0 Å². The Hall–Kier alpha value is -3.05. The van der Waals surface area contributed by atoms with Gasteiger partial charge in [0.05, 0.1) is 20.1 Å². The average Bonchev–Trinajstić information content (AvgIpc) is 3.20. The first-order valence-corrected chi connectivity index (χ1v) is 10.4. The lowest BCUT2D eigenvalue weighted by Gasteiger charge is -2.14. The van der Waals surface area contributed by atoms with E-state index >= 15 is 0 Å². The molecule has 0 atom stereocenters. The van der Waals surface area contributed by atoms with Crippen molar-refractivity contribution in [2.24, 2.45) is 0 Å². The van der Waals surface area contributed by atoms with Gasteiger partial charge in [-0.3, -0.25) is 0 Å². The summed E-state index contributed by atoms with van der Waals surface area (Å²) in [4.78, 5) is 0. The van der Waals surface area contributed by atoms with Gasteiger partial charge in [0.2, 0.25) is 0 Å². The number of para-hydroxylation sites is 1. The molecule has 4 nitrogen and oxygen atoms in total. The second kappa shape index (κ2) is 8.98. The van der Waals surface area contributed by atoms with Crippen LogP contribution in [0.4, 0.5) is 0 Å². The zero-order valence-corrected chi connectivity index (χ0v) is 19.3. The molecule has 5 rings (SSSR count).